The van der Waals surface area contributed by atoms with Gasteiger partial charge in [-0.1, -0.05) is 11.6 Å². The number of nitrogens with zero attached hydrogens (tertiary/aromatic N) is 7. The lowest BCUT2D eigenvalue weighted by Gasteiger charge is -2.51. The normalized spacial score (nSPS) is 16.5. The van der Waals surface area contributed by atoms with Crippen LogP contribution in [0.2, 0.25) is 5.02 Å². The highest BCUT2D eigenvalue weighted by atomic mass is 35.5. The third-order valence-electron chi connectivity index (χ3n) is 7.61. The fourth-order valence-electron chi connectivity index (χ4n) is 5.34. The number of hydrogen-bond acceptors (Lipinski definition) is 8. The number of halogens is 1. The number of nitrogens with one attached hydrogen (secondary N) is 1. The van der Waals surface area contributed by atoms with Crippen molar-refractivity contribution in [3.8, 4) is 22.8 Å². The maximum Gasteiger partial charge on any atom is 0.410 e. The minimum absolute atomic E-state index is 0.242. The average Bonchev–Trinajstić information content (AvgIpc) is 3.50. The van der Waals surface area contributed by atoms with Crippen LogP contribution in [0.3, 0.4) is 0 Å². The van der Waals surface area contributed by atoms with Crippen LogP contribution in [0.4, 0.5) is 4.79 Å². The van der Waals surface area contributed by atoms with Crippen LogP contribution >= 0.6 is 11.6 Å². The van der Waals surface area contributed by atoms with Gasteiger partial charge >= 0.3 is 6.09 Å². The Morgan fingerprint density at radius 1 is 1.02 bits per heavy atom. The smallest absolute Gasteiger partial charge is 0.410 e. The van der Waals surface area contributed by atoms with E-state index in [2.05, 4.69) is 25.0 Å². The summed E-state index contributed by atoms with van der Waals surface area (Å²) in [6.45, 7) is 10.7. The van der Waals surface area contributed by atoms with Crippen LogP contribution in [0.15, 0.2) is 48.9 Å². The molecule has 2 aliphatic rings. The highest BCUT2D eigenvalue weighted by Gasteiger charge is 2.42. The first kappa shape index (κ1) is 26.7. The van der Waals surface area contributed by atoms with Crippen LogP contribution in [-0.4, -0.2) is 83.4 Å². The minimum Gasteiger partial charge on any atom is -0.456 e. The molecular formula is C30H31ClN8O3. The molecule has 5 heterocycles. The van der Waals surface area contributed by atoms with Gasteiger partial charge in [0.25, 0.3) is 0 Å². The molecule has 5 aromatic rings. The van der Waals surface area contributed by atoms with Gasteiger partial charge in [-0.05, 0) is 52.0 Å². The molecule has 2 aromatic carbocycles. The molecule has 3 aromatic heterocycles. The van der Waals surface area contributed by atoms with Gasteiger partial charge in [0.2, 0.25) is 0 Å². The maximum absolute atomic E-state index is 12.2. The molecule has 0 saturated carbocycles. The summed E-state index contributed by atoms with van der Waals surface area (Å²) in [6.07, 6.45) is 5.30. The van der Waals surface area contributed by atoms with Gasteiger partial charge in [0, 0.05) is 50.0 Å². The highest BCUT2D eigenvalue weighted by Crippen LogP contribution is 2.36. The summed E-state index contributed by atoms with van der Waals surface area (Å²) < 4.78 is 13.6. The fraction of sp³-hybridized carbons (Fsp3) is 0.367. The van der Waals surface area contributed by atoms with E-state index in [-0.39, 0.29) is 12.1 Å². The maximum atomic E-state index is 12.2. The Bertz CT molecular complexity index is 1810. The monoisotopic (exact) mass is 586 g/mol. The quantitative estimate of drug-likeness (QED) is 0.283. The Kier molecular flexibility index (Phi) is 6.32. The van der Waals surface area contributed by atoms with E-state index >= 15 is 0 Å². The van der Waals surface area contributed by atoms with E-state index in [1.807, 2.05) is 69.0 Å². The summed E-state index contributed by atoms with van der Waals surface area (Å²) in [6, 6.07) is 9.95. The largest absolute Gasteiger partial charge is 0.456 e. The van der Waals surface area contributed by atoms with Gasteiger partial charge in [-0.15, -0.1) is 0 Å². The van der Waals surface area contributed by atoms with Crippen LogP contribution in [0.5, 0.6) is 11.5 Å². The van der Waals surface area contributed by atoms with Crippen LogP contribution in [0, 0.1) is 6.92 Å². The van der Waals surface area contributed by atoms with E-state index < -0.39 is 5.60 Å². The molecule has 1 N–H and O–H groups in total. The molecule has 0 atom stereocenters. The molecular weight excluding hydrogens is 556 g/mol. The number of aryl methyl sites for hydroxylation is 1. The number of imidazole rings is 1. The van der Waals surface area contributed by atoms with Crippen molar-refractivity contribution in [3.05, 3.63) is 59.8 Å². The average molecular weight is 587 g/mol. The summed E-state index contributed by atoms with van der Waals surface area (Å²) in [4.78, 5) is 33.4. The SMILES string of the molecule is Cc1nc2ccc(Oc3ccc4ncc(-c5cnn(C6CN(C7CN(C(=O)OC(C)(C)C)C7)C6)c5)nc4c3Cl)cc2[nH]1. The molecule has 2 saturated heterocycles. The summed E-state index contributed by atoms with van der Waals surface area (Å²) >= 11 is 6.78. The van der Waals surface area contributed by atoms with Gasteiger partial charge in [0.05, 0.1) is 40.7 Å². The van der Waals surface area contributed by atoms with Gasteiger partial charge in [0.1, 0.15) is 33.5 Å². The number of rotatable bonds is 5. The zero-order valence-electron chi connectivity index (χ0n) is 23.8. The number of carbonyl (C=O) groups excluding carboxylic acids is 1. The molecule has 2 aliphatic heterocycles. The lowest BCUT2D eigenvalue weighted by atomic mass is 10.0. The molecule has 216 valence electrons. The number of fused-ring (bicyclic) bond motifs is 2. The number of hydrogen-bond donors (Lipinski definition) is 1. The van der Waals surface area contributed by atoms with Crippen LogP contribution in [0.1, 0.15) is 32.6 Å². The number of aromatic amines is 1. The van der Waals surface area contributed by atoms with E-state index in [4.69, 9.17) is 26.1 Å². The molecule has 0 unspecified atom stereocenters. The first-order valence-corrected chi connectivity index (χ1v) is 14.3. The highest BCUT2D eigenvalue weighted by molar-refractivity contribution is 6.36. The molecule has 0 bridgehead atoms. The van der Waals surface area contributed by atoms with E-state index in [1.54, 1.807) is 17.2 Å². The van der Waals surface area contributed by atoms with E-state index in [9.17, 15) is 4.79 Å². The third-order valence-corrected chi connectivity index (χ3v) is 7.97. The van der Waals surface area contributed by atoms with Crippen LogP contribution in [-0.2, 0) is 4.74 Å². The number of carbonyl (C=O) groups is 1. The number of aromatic nitrogens is 6. The first-order valence-electron chi connectivity index (χ1n) is 14.0. The number of ether oxygens (including phenoxy) is 2. The van der Waals surface area contributed by atoms with Crippen LogP contribution < -0.4 is 4.74 Å². The lowest BCUT2D eigenvalue weighted by molar-refractivity contribution is -0.0436. The Morgan fingerprint density at radius 2 is 1.81 bits per heavy atom. The number of likely N-dealkylation sites (tertiary alicyclic amines) is 2. The van der Waals surface area contributed by atoms with E-state index in [1.165, 1.54) is 0 Å². The molecule has 7 rings (SSSR count). The summed E-state index contributed by atoms with van der Waals surface area (Å²) in [5, 5.41) is 5.00. The fourth-order valence-corrected chi connectivity index (χ4v) is 5.58. The third kappa shape index (κ3) is 5.03. The first-order chi connectivity index (χ1) is 20.1. The number of H-pyrrole nitrogens is 1. The van der Waals surface area contributed by atoms with Crippen molar-refractivity contribution in [1.82, 2.24) is 39.5 Å². The van der Waals surface area contributed by atoms with Crippen molar-refractivity contribution in [2.75, 3.05) is 26.2 Å². The van der Waals surface area contributed by atoms with Crippen molar-refractivity contribution in [2.45, 2.75) is 45.4 Å². The van der Waals surface area contributed by atoms with Crippen molar-refractivity contribution in [3.63, 3.8) is 0 Å². The Hall–Kier alpha value is -4.22. The van der Waals surface area contributed by atoms with Gasteiger partial charge < -0.3 is 19.4 Å². The van der Waals surface area contributed by atoms with E-state index in [0.29, 0.717) is 52.4 Å². The molecule has 0 spiro atoms. The second-order valence-electron chi connectivity index (χ2n) is 12.0. The Balaban J connectivity index is 1.02. The standard InChI is InChI=1S/C30H31ClN8O3/c1-17-34-22-6-5-21(9-24(22)35-17)41-26-8-7-23-28(27(26)31)36-25(11-32-23)18-10-33-39(12-18)20-15-37(16-20)19-13-38(14-19)29(40)42-30(2,3)4/h5-12,19-20H,13-16H2,1-4H3,(H,34,35). The van der Waals surface area contributed by atoms with Crippen molar-refractivity contribution < 1.29 is 14.3 Å². The molecule has 0 aliphatic carbocycles. The van der Waals surface area contributed by atoms with Gasteiger partial charge in [-0.3, -0.25) is 14.6 Å². The number of benzene rings is 2. The Labute approximate surface area is 247 Å². The Morgan fingerprint density at radius 3 is 2.60 bits per heavy atom. The predicted molar refractivity (Wildman–Crippen MR) is 159 cm³/mol. The zero-order chi connectivity index (χ0) is 29.2. The van der Waals surface area contributed by atoms with Gasteiger partial charge in [-0.2, -0.15) is 5.10 Å². The second kappa shape index (κ2) is 9.95. The molecule has 1 amide bonds. The van der Waals surface area contributed by atoms with Crippen molar-refractivity contribution in [1.29, 1.82) is 0 Å². The summed E-state index contributed by atoms with van der Waals surface area (Å²) in [5.74, 6) is 1.99. The predicted octanol–water partition coefficient (Wildman–Crippen LogP) is 5.60. The minimum atomic E-state index is -0.478. The zero-order valence-corrected chi connectivity index (χ0v) is 24.6. The van der Waals surface area contributed by atoms with Gasteiger partial charge in [0.15, 0.2) is 0 Å². The molecule has 2 fully saturated rings. The molecule has 12 heteroatoms. The molecule has 11 nitrogen and oxygen atoms in total. The molecule has 0 radical (unpaired) electrons. The second-order valence-corrected chi connectivity index (χ2v) is 12.3. The van der Waals surface area contributed by atoms with Gasteiger partial charge in [-0.25, -0.2) is 14.8 Å². The lowest BCUT2D eigenvalue weighted by Crippen LogP contribution is -2.66. The van der Waals surface area contributed by atoms with Crippen molar-refractivity contribution >= 4 is 39.8 Å². The number of amides is 1. The summed E-state index contributed by atoms with van der Waals surface area (Å²) in [5.41, 5.74) is 4.09. The van der Waals surface area contributed by atoms with E-state index in [0.717, 1.165) is 35.5 Å². The van der Waals surface area contributed by atoms with Crippen LogP contribution in [0.25, 0.3) is 33.3 Å². The summed E-state index contributed by atoms with van der Waals surface area (Å²) in [7, 11) is 0. The topological polar surface area (TPSA) is 114 Å². The molecule has 42 heavy (non-hydrogen) atoms. The van der Waals surface area contributed by atoms with Crippen molar-refractivity contribution in [2.24, 2.45) is 0 Å².